The molecule has 0 fully saturated rings. The summed E-state index contributed by atoms with van der Waals surface area (Å²) in [4.78, 5) is 0. The third-order valence-corrected chi connectivity index (χ3v) is 8.02. The molecule has 0 bridgehead atoms. The molecule has 0 amide bonds. The number of halogens is 2. The molecule has 0 aromatic heterocycles. The van der Waals surface area contributed by atoms with Gasteiger partial charge in [-0.15, -0.1) is 33.4 Å². The third-order valence-electron chi connectivity index (χ3n) is 8.02. The Hall–Kier alpha value is -2.44. The normalized spacial score (nSPS) is 14.7. The Morgan fingerprint density at radius 1 is 0.707 bits per heavy atom. The summed E-state index contributed by atoms with van der Waals surface area (Å²) < 4.78 is 0. The van der Waals surface area contributed by atoms with E-state index in [1.165, 1.54) is 71.0 Å². The zero-order valence-corrected chi connectivity index (χ0v) is 28.5. The van der Waals surface area contributed by atoms with Crippen LogP contribution in [-0.2, 0) is 26.2 Å². The smallest absolute Gasteiger partial charge is 1.00 e. The standard InChI is InChI=1S/C38H35.2ClH.Zr/c1-24-11-15-27(16-12-24)36(28-17-13-25(2)14-18-28)33-20-19-32-31-10-8-7-9-29(31)22-35(32)37(33)34-23-30(21-26(34)3)38(4,5)6;;;/h7-21,23,26H,1-6H3;2*1H;/q-1;;;+3/p-2. The average molecular weight is 654 g/mol. The maximum absolute atomic E-state index is 3.84. The topological polar surface area (TPSA) is 0 Å². The molecule has 0 N–H and O–H groups in total. The second-order valence-electron chi connectivity index (χ2n) is 11.9. The Morgan fingerprint density at radius 3 is 1.80 bits per heavy atom. The maximum Gasteiger partial charge on any atom is 3.00 e. The zero-order chi connectivity index (χ0) is 26.6. The molecule has 41 heavy (non-hydrogen) atoms. The fraction of sp³-hybridized carbons (Fsp3) is 0.211. The first kappa shape index (κ1) is 33.1. The summed E-state index contributed by atoms with van der Waals surface area (Å²) in [7, 11) is 0. The number of benzene rings is 4. The van der Waals surface area contributed by atoms with Crippen LogP contribution in [0.2, 0.25) is 0 Å². The summed E-state index contributed by atoms with van der Waals surface area (Å²) in [5.41, 5.74) is 11.7. The Kier molecular flexibility index (Phi) is 10.3. The SMILES string of the molecule is Cc1ccc(C(c2ccc(C)cc2)=c2ccc3c(c2C2=CC(C(C)(C)C)=CC2C)[C-]=c2ccccc2=3)cc1.[Cl-].[Cl-].[Zr+3]. The number of rotatable bonds is 3. The molecule has 1 radical (unpaired) electrons. The number of aryl methyl sites for hydroxylation is 2. The minimum atomic E-state index is 0. The van der Waals surface area contributed by atoms with Crippen LogP contribution in [0, 0.1) is 35.6 Å². The fourth-order valence-electron chi connectivity index (χ4n) is 5.82. The number of allylic oxidation sites excluding steroid dienone is 4. The van der Waals surface area contributed by atoms with Crippen molar-refractivity contribution in [2.45, 2.75) is 41.5 Å². The van der Waals surface area contributed by atoms with Crippen LogP contribution in [0.25, 0.3) is 17.2 Å². The summed E-state index contributed by atoms with van der Waals surface area (Å²) in [5, 5.41) is 5.02. The second kappa shape index (κ2) is 12.8. The van der Waals surface area contributed by atoms with Crippen LogP contribution in [0.15, 0.2) is 103 Å². The van der Waals surface area contributed by atoms with Gasteiger partial charge >= 0.3 is 26.2 Å². The molecule has 3 heteroatoms. The molecular formula is C38H35Cl2Zr. The van der Waals surface area contributed by atoms with Crippen LogP contribution >= 0.6 is 0 Å². The zero-order valence-electron chi connectivity index (χ0n) is 24.6. The monoisotopic (exact) mass is 651 g/mol. The van der Waals surface area contributed by atoms with Gasteiger partial charge in [-0.25, -0.2) is 0 Å². The van der Waals surface area contributed by atoms with E-state index in [1.807, 2.05) is 0 Å². The van der Waals surface area contributed by atoms with Gasteiger partial charge in [0.2, 0.25) is 0 Å². The molecule has 0 nitrogen and oxygen atoms in total. The van der Waals surface area contributed by atoms with E-state index in [9.17, 15) is 0 Å². The first-order chi connectivity index (χ1) is 18.2. The van der Waals surface area contributed by atoms with E-state index in [-0.39, 0.29) is 56.4 Å². The number of fused-ring (bicyclic) bond motifs is 2. The van der Waals surface area contributed by atoms with Crippen molar-refractivity contribution in [1.29, 1.82) is 0 Å². The van der Waals surface area contributed by atoms with Crippen molar-refractivity contribution in [1.82, 2.24) is 0 Å². The molecule has 0 spiro atoms. The Bertz CT molecular complexity index is 1810. The molecule has 4 aromatic carbocycles. The predicted octanol–water partition coefficient (Wildman–Crippen LogP) is 1.87. The molecule has 1 atom stereocenters. The first-order valence-electron chi connectivity index (χ1n) is 13.7. The molecule has 0 saturated heterocycles. The van der Waals surface area contributed by atoms with E-state index >= 15 is 0 Å². The fourth-order valence-corrected chi connectivity index (χ4v) is 5.82. The maximum atomic E-state index is 3.84. The molecule has 1 unspecified atom stereocenters. The molecule has 6 rings (SSSR count). The molecule has 0 saturated carbocycles. The third kappa shape index (κ3) is 6.20. The van der Waals surface area contributed by atoms with Crippen molar-refractivity contribution in [3.63, 3.8) is 0 Å². The first-order valence-corrected chi connectivity index (χ1v) is 13.7. The predicted molar refractivity (Wildman–Crippen MR) is 161 cm³/mol. The summed E-state index contributed by atoms with van der Waals surface area (Å²) >= 11 is 0. The van der Waals surface area contributed by atoms with Crippen molar-refractivity contribution in [2.75, 3.05) is 0 Å². The Morgan fingerprint density at radius 2 is 1.27 bits per heavy atom. The van der Waals surface area contributed by atoms with Gasteiger partial charge in [-0.1, -0.05) is 141 Å². The van der Waals surface area contributed by atoms with Gasteiger partial charge in [-0.05, 0) is 52.7 Å². The van der Waals surface area contributed by atoms with Gasteiger partial charge in [0.05, 0.1) is 0 Å². The second-order valence-corrected chi connectivity index (χ2v) is 11.9. The van der Waals surface area contributed by atoms with Gasteiger partial charge in [0.1, 0.15) is 0 Å². The van der Waals surface area contributed by atoms with Crippen LogP contribution in [0.1, 0.15) is 61.1 Å². The Balaban J connectivity index is 0.00000154. The largest absolute Gasteiger partial charge is 3.00 e. The van der Waals surface area contributed by atoms with Gasteiger partial charge < -0.3 is 24.8 Å². The van der Waals surface area contributed by atoms with Crippen molar-refractivity contribution in [3.05, 3.63) is 157 Å². The number of hydrogen-bond acceptors (Lipinski definition) is 0. The summed E-state index contributed by atoms with van der Waals surface area (Å²) in [6.45, 7) is 13.6. The molecule has 4 aromatic rings. The molecule has 2 aliphatic carbocycles. The van der Waals surface area contributed by atoms with E-state index in [4.69, 9.17) is 0 Å². The average Bonchev–Trinajstić information content (AvgIpc) is 3.47. The van der Waals surface area contributed by atoms with Crippen LogP contribution in [0.5, 0.6) is 0 Å². The van der Waals surface area contributed by atoms with Gasteiger partial charge in [0.15, 0.2) is 0 Å². The number of hydrogen-bond donors (Lipinski definition) is 0. The Labute approximate surface area is 276 Å². The molecule has 0 aliphatic heterocycles. The van der Waals surface area contributed by atoms with Gasteiger partial charge in [-0.3, -0.25) is 0 Å². The van der Waals surface area contributed by atoms with Crippen molar-refractivity contribution < 1.29 is 51.0 Å². The van der Waals surface area contributed by atoms with Crippen LogP contribution in [0.3, 0.4) is 0 Å². The van der Waals surface area contributed by atoms with Crippen LogP contribution in [-0.4, -0.2) is 0 Å². The summed E-state index contributed by atoms with van der Waals surface area (Å²) in [6, 6.07) is 31.3. The van der Waals surface area contributed by atoms with Crippen molar-refractivity contribution in [2.24, 2.45) is 11.3 Å². The van der Waals surface area contributed by atoms with E-state index in [0.717, 1.165) is 0 Å². The van der Waals surface area contributed by atoms with Crippen molar-refractivity contribution in [3.8, 4) is 0 Å². The van der Waals surface area contributed by atoms with Crippen molar-refractivity contribution >= 4 is 17.2 Å². The summed E-state index contributed by atoms with van der Waals surface area (Å²) in [6.07, 6.45) is 8.75. The van der Waals surface area contributed by atoms with E-state index in [2.05, 4.69) is 145 Å². The molecule has 0 heterocycles. The van der Waals surface area contributed by atoms with Crippen LogP contribution < -0.4 is 35.3 Å². The van der Waals surface area contributed by atoms with E-state index in [0.29, 0.717) is 5.92 Å². The van der Waals surface area contributed by atoms with Gasteiger partial charge in [-0.2, -0.15) is 0 Å². The van der Waals surface area contributed by atoms with Gasteiger partial charge in [0, 0.05) is 0 Å². The summed E-state index contributed by atoms with van der Waals surface area (Å²) in [5.74, 6) is 0.331. The van der Waals surface area contributed by atoms with Gasteiger partial charge in [0.25, 0.3) is 0 Å². The van der Waals surface area contributed by atoms with E-state index in [1.54, 1.807) is 0 Å². The molecule has 2 aliphatic rings. The quantitative estimate of drug-likeness (QED) is 0.261. The van der Waals surface area contributed by atoms with E-state index < -0.39 is 0 Å². The minimum absolute atomic E-state index is 0. The van der Waals surface area contributed by atoms with Crippen LogP contribution in [0.4, 0.5) is 0 Å². The molecular weight excluding hydrogens is 619 g/mol. The minimum Gasteiger partial charge on any atom is -1.00 e. The molecule has 205 valence electrons.